The number of hydrogen-bond donors (Lipinski definition) is 0. The highest BCUT2D eigenvalue weighted by Gasteiger charge is 2.15. The first-order valence-electron chi connectivity index (χ1n) is 16.2. The summed E-state index contributed by atoms with van der Waals surface area (Å²) in [4.78, 5) is 28.9. The van der Waals surface area contributed by atoms with Crippen LogP contribution in [-0.2, 0) is 0 Å². The molecule has 4 heterocycles. The molecule has 8 rings (SSSR count). The maximum Gasteiger partial charge on any atom is 0.182 e. The Morgan fingerprint density at radius 3 is 1.75 bits per heavy atom. The number of nitrogens with zero attached hydrogens (tertiary/aromatic N) is 6. The summed E-state index contributed by atoms with van der Waals surface area (Å²) >= 11 is 0. The Bertz CT molecular complexity index is 2350. The Morgan fingerprint density at radius 1 is 0.479 bits per heavy atom. The molecule has 0 fully saturated rings. The number of hydrogen-bond acceptors (Lipinski definition) is 6. The second kappa shape index (κ2) is 12.2. The van der Waals surface area contributed by atoms with Crippen LogP contribution in [0.1, 0.15) is 31.2 Å². The summed E-state index contributed by atoms with van der Waals surface area (Å²) in [6.45, 7) is 6.41. The van der Waals surface area contributed by atoms with E-state index in [9.17, 15) is 0 Å². The number of pyridine rings is 3. The molecular weight excluding hydrogens is 589 g/mol. The van der Waals surface area contributed by atoms with Crippen molar-refractivity contribution in [2.24, 2.45) is 0 Å². The SMILES string of the molecule is Cc1ccc2ccc3c(-c4ccc(-c5ccc(-c6nc(-c7ccccc7)nc(-c7ccccn7)n6)cc5)cc4)cc(C(C)C)nc3c2n1. The Morgan fingerprint density at radius 2 is 1.08 bits per heavy atom. The van der Waals surface area contributed by atoms with Crippen molar-refractivity contribution in [2.45, 2.75) is 26.7 Å². The molecule has 0 unspecified atom stereocenters. The van der Waals surface area contributed by atoms with E-state index < -0.39 is 0 Å². The second-order valence-corrected chi connectivity index (χ2v) is 12.3. The molecule has 0 radical (unpaired) electrons. The first-order chi connectivity index (χ1) is 23.5. The second-order valence-electron chi connectivity index (χ2n) is 12.3. The lowest BCUT2D eigenvalue weighted by atomic mass is 9.94. The van der Waals surface area contributed by atoms with Gasteiger partial charge in [0.15, 0.2) is 17.5 Å². The Kier molecular flexibility index (Phi) is 7.46. The van der Waals surface area contributed by atoms with Crippen LogP contribution in [0.25, 0.3) is 78.4 Å². The zero-order chi connectivity index (χ0) is 32.6. The molecule has 6 heteroatoms. The number of fused-ring (bicyclic) bond motifs is 3. The highest BCUT2D eigenvalue weighted by molar-refractivity contribution is 6.08. The standard InChI is InChI=1S/C42H32N6/c1-26(2)37-25-35(34-23-22-31-13-12-27(3)44-38(31)39(34)45-37)30-18-14-28(15-19-30)29-16-20-33(21-17-29)41-46-40(32-9-5-4-6-10-32)47-42(48-41)36-11-7-8-24-43-36/h4-26H,1-3H3. The number of benzene rings is 4. The van der Waals surface area contributed by atoms with Crippen molar-refractivity contribution in [2.75, 3.05) is 0 Å². The zero-order valence-electron chi connectivity index (χ0n) is 27.0. The van der Waals surface area contributed by atoms with Crippen molar-refractivity contribution < 1.29 is 0 Å². The van der Waals surface area contributed by atoms with Gasteiger partial charge >= 0.3 is 0 Å². The molecule has 0 atom stereocenters. The van der Waals surface area contributed by atoms with E-state index in [4.69, 9.17) is 24.9 Å². The summed E-state index contributed by atoms with van der Waals surface area (Å²) in [5, 5.41) is 2.21. The predicted molar refractivity (Wildman–Crippen MR) is 194 cm³/mol. The fourth-order valence-corrected chi connectivity index (χ4v) is 6.01. The number of rotatable bonds is 6. The summed E-state index contributed by atoms with van der Waals surface area (Å²) in [7, 11) is 0. The summed E-state index contributed by atoms with van der Waals surface area (Å²) in [6.07, 6.45) is 1.75. The van der Waals surface area contributed by atoms with Gasteiger partial charge in [-0.1, -0.05) is 117 Å². The minimum absolute atomic E-state index is 0.291. The minimum atomic E-state index is 0.291. The van der Waals surface area contributed by atoms with E-state index in [2.05, 4.69) is 97.7 Å². The van der Waals surface area contributed by atoms with Gasteiger partial charge in [-0.05, 0) is 59.4 Å². The van der Waals surface area contributed by atoms with E-state index in [1.165, 1.54) is 5.56 Å². The molecule has 0 aliphatic carbocycles. The van der Waals surface area contributed by atoms with Gasteiger partial charge in [0.1, 0.15) is 5.69 Å². The van der Waals surface area contributed by atoms with Gasteiger partial charge in [-0.15, -0.1) is 0 Å². The monoisotopic (exact) mass is 620 g/mol. The van der Waals surface area contributed by atoms with Gasteiger partial charge in [0.2, 0.25) is 0 Å². The third-order valence-corrected chi connectivity index (χ3v) is 8.62. The zero-order valence-corrected chi connectivity index (χ0v) is 27.0. The predicted octanol–water partition coefficient (Wildman–Crippen LogP) is 10.1. The quantitative estimate of drug-likeness (QED) is 0.172. The smallest absolute Gasteiger partial charge is 0.182 e. The van der Waals surface area contributed by atoms with Crippen LogP contribution in [0.15, 0.2) is 134 Å². The van der Waals surface area contributed by atoms with Crippen molar-refractivity contribution >= 4 is 21.8 Å². The van der Waals surface area contributed by atoms with Crippen molar-refractivity contribution in [1.82, 2.24) is 29.9 Å². The highest BCUT2D eigenvalue weighted by atomic mass is 15.0. The molecule has 8 aromatic rings. The van der Waals surface area contributed by atoms with Crippen LogP contribution >= 0.6 is 0 Å². The average Bonchev–Trinajstić information content (AvgIpc) is 3.15. The van der Waals surface area contributed by atoms with Crippen LogP contribution in [0, 0.1) is 6.92 Å². The summed E-state index contributed by atoms with van der Waals surface area (Å²) in [5.41, 5.74) is 11.1. The minimum Gasteiger partial charge on any atom is -0.253 e. The average molecular weight is 621 g/mol. The summed E-state index contributed by atoms with van der Waals surface area (Å²) in [6, 6.07) is 43.6. The molecule has 4 aromatic heterocycles. The molecule has 0 N–H and O–H groups in total. The first-order valence-corrected chi connectivity index (χ1v) is 16.2. The fraction of sp³-hybridized carbons (Fsp3) is 0.0952. The van der Waals surface area contributed by atoms with Gasteiger partial charge in [0.05, 0.1) is 11.0 Å². The molecular formula is C42H32N6. The number of aryl methyl sites for hydroxylation is 1. The van der Waals surface area contributed by atoms with Gasteiger partial charge in [-0.3, -0.25) is 15.0 Å². The van der Waals surface area contributed by atoms with Crippen LogP contribution in [0.2, 0.25) is 0 Å². The largest absolute Gasteiger partial charge is 0.253 e. The Hall–Kier alpha value is -6.14. The normalized spacial score (nSPS) is 11.4. The molecule has 0 saturated carbocycles. The van der Waals surface area contributed by atoms with Gasteiger partial charge in [0, 0.05) is 39.5 Å². The molecule has 48 heavy (non-hydrogen) atoms. The van der Waals surface area contributed by atoms with E-state index in [1.54, 1.807) is 6.20 Å². The fourth-order valence-electron chi connectivity index (χ4n) is 6.01. The molecule has 0 amide bonds. The van der Waals surface area contributed by atoms with Gasteiger partial charge < -0.3 is 0 Å². The van der Waals surface area contributed by atoms with Crippen LogP contribution in [0.3, 0.4) is 0 Å². The van der Waals surface area contributed by atoms with Crippen molar-refractivity contribution in [3.63, 3.8) is 0 Å². The third kappa shape index (κ3) is 5.58. The third-order valence-electron chi connectivity index (χ3n) is 8.62. The molecule has 230 valence electrons. The maximum atomic E-state index is 5.09. The lowest BCUT2D eigenvalue weighted by molar-refractivity contribution is 0.831. The van der Waals surface area contributed by atoms with Gasteiger partial charge in [-0.2, -0.15) is 0 Å². The molecule has 6 nitrogen and oxygen atoms in total. The lowest BCUT2D eigenvalue weighted by Gasteiger charge is -2.14. The number of aromatic nitrogens is 6. The highest BCUT2D eigenvalue weighted by Crippen LogP contribution is 2.35. The molecule has 0 spiro atoms. The van der Waals surface area contributed by atoms with Crippen molar-refractivity contribution in [3.8, 4) is 56.5 Å². The molecule has 0 bridgehead atoms. The topological polar surface area (TPSA) is 77.3 Å². The Balaban J connectivity index is 1.15. The van der Waals surface area contributed by atoms with E-state index in [0.717, 1.165) is 61.0 Å². The Labute approximate surface area is 279 Å². The van der Waals surface area contributed by atoms with Gasteiger partial charge in [-0.25, -0.2) is 15.0 Å². The summed E-state index contributed by atoms with van der Waals surface area (Å²) < 4.78 is 0. The van der Waals surface area contributed by atoms with Crippen LogP contribution in [0.4, 0.5) is 0 Å². The van der Waals surface area contributed by atoms with Crippen molar-refractivity contribution in [3.05, 3.63) is 145 Å². The van der Waals surface area contributed by atoms with Crippen LogP contribution < -0.4 is 0 Å². The molecule has 0 saturated heterocycles. The lowest BCUT2D eigenvalue weighted by Crippen LogP contribution is -2.00. The van der Waals surface area contributed by atoms with Crippen molar-refractivity contribution in [1.29, 1.82) is 0 Å². The first kappa shape index (κ1) is 29.3. The van der Waals surface area contributed by atoms with E-state index in [0.29, 0.717) is 29.1 Å². The van der Waals surface area contributed by atoms with Crippen LogP contribution in [0.5, 0.6) is 0 Å². The van der Waals surface area contributed by atoms with E-state index in [1.807, 2.05) is 55.5 Å². The van der Waals surface area contributed by atoms with Gasteiger partial charge in [0.25, 0.3) is 0 Å². The van der Waals surface area contributed by atoms with Crippen LogP contribution in [-0.4, -0.2) is 29.9 Å². The maximum absolute atomic E-state index is 5.09. The molecule has 0 aliphatic rings. The molecule has 0 aliphatic heterocycles. The van der Waals surface area contributed by atoms with E-state index in [-0.39, 0.29) is 0 Å². The van der Waals surface area contributed by atoms with E-state index >= 15 is 0 Å². The summed E-state index contributed by atoms with van der Waals surface area (Å²) in [5.74, 6) is 2.06. The molecule has 4 aromatic carbocycles.